The van der Waals surface area contributed by atoms with Crippen LogP contribution in [0, 0.1) is 5.82 Å². The number of anilines is 1. The Morgan fingerprint density at radius 1 is 0.943 bits per heavy atom. The van der Waals surface area contributed by atoms with Crippen LogP contribution in [0.25, 0.3) is 0 Å². The maximum Gasteiger partial charge on any atom is 0.323 e. The zero-order chi connectivity index (χ0) is 25.1. The van der Waals surface area contributed by atoms with Gasteiger partial charge in [-0.1, -0.05) is 29.3 Å². The van der Waals surface area contributed by atoms with E-state index in [1.54, 1.807) is 12.1 Å². The molecule has 2 aromatic carbocycles. The van der Waals surface area contributed by atoms with Crippen molar-refractivity contribution >= 4 is 46.7 Å². The van der Waals surface area contributed by atoms with Gasteiger partial charge in [-0.2, -0.15) is 0 Å². The van der Waals surface area contributed by atoms with Gasteiger partial charge in [-0.05, 0) is 62.1 Å². The van der Waals surface area contributed by atoms with Crippen LogP contribution in [0.2, 0.25) is 10.0 Å². The minimum atomic E-state index is -1.20. The van der Waals surface area contributed by atoms with E-state index in [2.05, 4.69) is 10.6 Å². The number of amides is 4. The Kier molecular flexibility index (Phi) is 7.78. The average molecular weight is 522 g/mol. The first-order chi connectivity index (χ1) is 16.7. The molecule has 1 saturated heterocycles. The van der Waals surface area contributed by atoms with E-state index < -0.39 is 29.8 Å². The second-order valence-corrected chi connectivity index (χ2v) is 9.57. The van der Waals surface area contributed by atoms with Crippen molar-refractivity contribution < 1.29 is 18.8 Å². The summed E-state index contributed by atoms with van der Waals surface area (Å²) in [6, 6.07) is 9.28. The van der Waals surface area contributed by atoms with E-state index in [0.29, 0.717) is 23.6 Å². The first-order valence-corrected chi connectivity index (χ1v) is 12.1. The van der Waals surface area contributed by atoms with Crippen LogP contribution in [0.15, 0.2) is 42.5 Å². The summed E-state index contributed by atoms with van der Waals surface area (Å²) in [5.74, 6) is -1.58. The molecule has 2 aromatic rings. The van der Waals surface area contributed by atoms with Crippen LogP contribution in [-0.2, 0) is 4.79 Å². The van der Waals surface area contributed by atoms with Crippen LogP contribution in [-0.4, -0.2) is 59.0 Å². The number of nitrogens with zero attached hydrogens (tertiary/aromatic N) is 2. The Balaban J connectivity index is 1.56. The van der Waals surface area contributed by atoms with Gasteiger partial charge >= 0.3 is 6.03 Å². The molecule has 0 aromatic heterocycles. The van der Waals surface area contributed by atoms with E-state index in [9.17, 15) is 18.8 Å². The number of nitrogens with two attached hydrogens (primary N) is 1. The van der Waals surface area contributed by atoms with Crippen LogP contribution in [0.1, 0.15) is 36.0 Å². The van der Waals surface area contributed by atoms with E-state index in [1.807, 2.05) is 0 Å². The predicted octanol–water partition coefficient (Wildman–Crippen LogP) is 3.83. The van der Waals surface area contributed by atoms with Crippen LogP contribution >= 0.6 is 23.2 Å². The highest BCUT2D eigenvalue weighted by molar-refractivity contribution is 6.42. The van der Waals surface area contributed by atoms with Crippen LogP contribution in [0.4, 0.5) is 14.9 Å². The molecule has 8 nitrogen and oxygen atoms in total. The topological polar surface area (TPSA) is 108 Å². The number of hydrogen-bond donors (Lipinski definition) is 3. The van der Waals surface area contributed by atoms with Gasteiger partial charge in [0.25, 0.3) is 11.8 Å². The summed E-state index contributed by atoms with van der Waals surface area (Å²) in [6.45, 7) is 0.222. The van der Waals surface area contributed by atoms with Gasteiger partial charge in [0.05, 0.1) is 10.0 Å². The van der Waals surface area contributed by atoms with Gasteiger partial charge in [-0.3, -0.25) is 14.5 Å². The summed E-state index contributed by atoms with van der Waals surface area (Å²) in [5.41, 5.74) is 6.45. The van der Waals surface area contributed by atoms with Crippen molar-refractivity contribution in [3.05, 3.63) is 63.9 Å². The number of nitrogens with one attached hydrogen (secondary N) is 2. The minimum absolute atomic E-state index is 0.0955. The quantitative estimate of drug-likeness (QED) is 0.567. The third-order valence-corrected chi connectivity index (χ3v) is 7.03. The van der Waals surface area contributed by atoms with Gasteiger partial charge < -0.3 is 21.3 Å². The van der Waals surface area contributed by atoms with Gasteiger partial charge in [-0.15, -0.1) is 0 Å². The summed E-state index contributed by atoms with van der Waals surface area (Å²) in [6.07, 6.45) is 1.79. The molecule has 1 unspecified atom stereocenters. The third kappa shape index (κ3) is 5.86. The highest BCUT2D eigenvalue weighted by Gasteiger charge is 2.43. The molecule has 4 N–H and O–H groups in total. The Bertz CT molecular complexity index is 1130. The van der Waals surface area contributed by atoms with Gasteiger partial charge in [0.1, 0.15) is 5.82 Å². The number of carbonyl (C=O) groups excluding carboxylic acids is 3. The van der Waals surface area contributed by atoms with Crippen molar-refractivity contribution in [1.29, 1.82) is 0 Å². The Morgan fingerprint density at radius 2 is 1.66 bits per heavy atom. The second kappa shape index (κ2) is 10.8. The van der Waals surface area contributed by atoms with Crippen molar-refractivity contribution in [3.63, 3.8) is 0 Å². The molecule has 1 saturated carbocycles. The van der Waals surface area contributed by atoms with E-state index >= 15 is 0 Å². The molecule has 2 fully saturated rings. The summed E-state index contributed by atoms with van der Waals surface area (Å²) < 4.78 is 13.8. The maximum absolute atomic E-state index is 13.8. The number of rotatable bonds is 4. The minimum Gasteiger partial charge on any atom is -0.350 e. The van der Waals surface area contributed by atoms with E-state index in [-0.39, 0.29) is 35.8 Å². The molecule has 11 heteroatoms. The van der Waals surface area contributed by atoms with Crippen LogP contribution < -0.4 is 16.4 Å². The van der Waals surface area contributed by atoms with E-state index in [0.717, 1.165) is 18.9 Å². The highest BCUT2D eigenvalue weighted by atomic mass is 35.5. The molecule has 186 valence electrons. The molecular formula is C24H26Cl2FN5O3. The molecule has 35 heavy (non-hydrogen) atoms. The lowest BCUT2D eigenvalue weighted by atomic mass is 9.92. The third-order valence-electron chi connectivity index (χ3n) is 6.29. The number of carbonyl (C=O) groups is 3. The zero-order valence-corrected chi connectivity index (χ0v) is 20.4. The number of urea groups is 1. The number of hydrogen-bond acceptors (Lipinski definition) is 4. The molecule has 2 aliphatic rings. The Morgan fingerprint density at radius 3 is 2.34 bits per heavy atom. The van der Waals surface area contributed by atoms with Crippen LogP contribution in [0.3, 0.4) is 0 Å². The van der Waals surface area contributed by atoms with Gasteiger partial charge in [-0.25, -0.2) is 9.18 Å². The molecule has 4 rings (SSSR count). The molecular weight excluding hydrogens is 496 g/mol. The fourth-order valence-corrected chi connectivity index (χ4v) is 4.73. The standard InChI is InChI=1S/C24H26Cl2FN5O3/c25-19-9-8-18(13-20(19)26)30-24(35)32-11-10-31(23(34)14-2-1-3-15(27)12-14)22(32)21(33)29-17-6-4-16(28)5-7-17/h1-3,8-9,12-13,16-17,22H,4-7,10-11,28H2,(H,29,33)(H,30,35). The molecule has 0 spiro atoms. The second-order valence-electron chi connectivity index (χ2n) is 8.76. The van der Waals surface area contributed by atoms with Crippen molar-refractivity contribution in [2.24, 2.45) is 5.73 Å². The fourth-order valence-electron chi connectivity index (χ4n) is 4.43. The highest BCUT2D eigenvalue weighted by Crippen LogP contribution is 2.27. The number of halogens is 3. The normalized spacial score (nSPS) is 22.1. The van der Waals surface area contributed by atoms with Crippen molar-refractivity contribution in [1.82, 2.24) is 15.1 Å². The summed E-state index contributed by atoms with van der Waals surface area (Å²) in [5, 5.41) is 6.27. The average Bonchev–Trinajstić information content (AvgIpc) is 3.28. The molecule has 1 heterocycles. The van der Waals surface area contributed by atoms with Gasteiger partial charge in [0.15, 0.2) is 6.17 Å². The first kappa shape index (κ1) is 25.2. The van der Waals surface area contributed by atoms with Crippen LogP contribution in [0.5, 0.6) is 0 Å². The summed E-state index contributed by atoms with van der Waals surface area (Å²) in [7, 11) is 0. The summed E-state index contributed by atoms with van der Waals surface area (Å²) in [4.78, 5) is 42.4. The lowest BCUT2D eigenvalue weighted by Crippen LogP contribution is -2.56. The van der Waals surface area contributed by atoms with Crippen molar-refractivity contribution in [2.45, 2.75) is 43.9 Å². The zero-order valence-electron chi connectivity index (χ0n) is 18.8. The van der Waals surface area contributed by atoms with E-state index in [4.69, 9.17) is 28.9 Å². The van der Waals surface area contributed by atoms with E-state index in [1.165, 1.54) is 34.1 Å². The fraction of sp³-hybridized carbons (Fsp3) is 0.375. The molecule has 1 aliphatic carbocycles. The largest absolute Gasteiger partial charge is 0.350 e. The van der Waals surface area contributed by atoms with Crippen molar-refractivity contribution in [3.8, 4) is 0 Å². The predicted molar refractivity (Wildman–Crippen MR) is 132 cm³/mol. The van der Waals surface area contributed by atoms with Gasteiger partial charge in [0, 0.05) is 36.4 Å². The lowest BCUT2D eigenvalue weighted by Gasteiger charge is -2.32. The van der Waals surface area contributed by atoms with Crippen molar-refractivity contribution in [2.75, 3.05) is 18.4 Å². The smallest absolute Gasteiger partial charge is 0.323 e. The molecule has 1 atom stereocenters. The summed E-state index contributed by atoms with van der Waals surface area (Å²) >= 11 is 12.0. The molecule has 4 amide bonds. The molecule has 0 radical (unpaired) electrons. The maximum atomic E-state index is 13.8. The number of benzene rings is 2. The Hall–Kier alpha value is -2.88. The molecule has 1 aliphatic heterocycles. The first-order valence-electron chi connectivity index (χ1n) is 11.4. The lowest BCUT2D eigenvalue weighted by molar-refractivity contribution is -0.128. The Labute approximate surface area is 212 Å². The molecule has 0 bridgehead atoms. The SMILES string of the molecule is NC1CCC(NC(=O)C2N(C(=O)Nc3ccc(Cl)c(Cl)c3)CCN2C(=O)c2cccc(F)c2)CC1. The van der Waals surface area contributed by atoms with Gasteiger partial charge in [0.2, 0.25) is 0 Å². The monoisotopic (exact) mass is 521 g/mol.